The van der Waals surface area contributed by atoms with Gasteiger partial charge in [-0.3, -0.25) is 14.9 Å². The van der Waals surface area contributed by atoms with Gasteiger partial charge in [0.1, 0.15) is 11.4 Å². The lowest BCUT2D eigenvalue weighted by atomic mass is 10.1. The number of rotatable bonds is 6. The lowest BCUT2D eigenvalue weighted by molar-refractivity contribution is -0.385. The van der Waals surface area contributed by atoms with E-state index in [1.165, 1.54) is 6.92 Å². The summed E-state index contributed by atoms with van der Waals surface area (Å²) in [5.74, 6) is -1.46. The quantitative estimate of drug-likeness (QED) is 0.628. The second-order valence-electron chi connectivity index (χ2n) is 5.35. The van der Waals surface area contributed by atoms with Crippen molar-refractivity contribution in [1.29, 1.82) is 0 Å². The number of halogens is 1. The Balaban J connectivity index is 2.04. The number of amides is 1. The Hall–Kier alpha value is -2.80. The molecule has 2 aromatic carbocycles. The molecule has 0 spiro atoms. The zero-order valence-corrected chi connectivity index (χ0v) is 13.0. The Kier molecular flexibility index (Phi) is 5.59. The van der Waals surface area contributed by atoms with Gasteiger partial charge in [-0.25, -0.2) is 4.39 Å². The first-order valence-electron chi connectivity index (χ1n) is 7.36. The predicted molar refractivity (Wildman–Crippen MR) is 86.1 cm³/mol. The minimum atomic E-state index is -0.768. The van der Waals surface area contributed by atoms with E-state index >= 15 is 0 Å². The van der Waals surface area contributed by atoms with Crippen LogP contribution in [0.1, 0.15) is 34.0 Å². The van der Waals surface area contributed by atoms with Crippen LogP contribution in [0.4, 0.5) is 10.1 Å². The highest BCUT2D eigenvalue weighted by Gasteiger charge is 2.24. The summed E-state index contributed by atoms with van der Waals surface area (Å²) >= 11 is 0. The molecule has 0 aliphatic carbocycles. The van der Waals surface area contributed by atoms with Gasteiger partial charge in [0, 0.05) is 12.1 Å². The van der Waals surface area contributed by atoms with Crippen molar-refractivity contribution in [3.63, 3.8) is 0 Å². The van der Waals surface area contributed by atoms with Gasteiger partial charge >= 0.3 is 0 Å². The molecule has 1 amide bonds. The van der Waals surface area contributed by atoms with E-state index in [1.807, 2.05) is 6.07 Å². The van der Waals surface area contributed by atoms with E-state index in [1.54, 1.807) is 24.3 Å². The zero-order valence-electron chi connectivity index (χ0n) is 13.0. The van der Waals surface area contributed by atoms with Crippen molar-refractivity contribution in [3.05, 3.63) is 75.1 Å². The number of aryl methyl sites for hydroxylation is 1. The summed E-state index contributed by atoms with van der Waals surface area (Å²) in [6.45, 7) is 1.47. The van der Waals surface area contributed by atoms with Crippen LogP contribution in [-0.2, 0) is 0 Å². The number of hydrogen-bond acceptors (Lipinski definition) is 4. The first-order valence-corrected chi connectivity index (χ1v) is 7.36. The van der Waals surface area contributed by atoms with Crippen molar-refractivity contribution in [2.24, 2.45) is 0 Å². The molecule has 2 aromatic rings. The largest absolute Gasteiger partial charge is 0.388 e. The van der Waals surface area contributed by atoms with Crippen LogP contribution in [0.2, 0.25) is 0 Å². The molecular formula is C17H17FN2O4. The van der Waals surface area contributed by atoms with Gasteiger partial charge in [-0.15, -0.1) is 0 Å². The highest BCUT2D eigenvalue weighted by Crippen LogP contribution is 2.24. The number of hydrogen-bond donors (Lipinski definition) is 2. The maximum absolute atomic E-state index is 13.5. The van der Waals surface area contributed by atoms with Crippen molar-refractivity contribution in [2.45, 2.75) is 19.4 Å². The Morgan fingerprint density at radius 1 is 1.33 bits per heavy atom. The maximum Gasteiger partial charge on any atom is 0.285 e. The number of aliphatic hydroxyl groups is 1. The van der Waals surface area contributed by atoms with Crippen molar-refractivity contribution in [2.75, 3.05) is 6.54 Å². The van der Waals surface area contributed by atoms with Crippen LogP contribution in [0.25, 0.3) is 0 Å². The third-order valence-electron chi connectivity index (χ3n) is 3.58. The predicted octanol–water partition coefficient (Wildman–Crippen LogP) is 2.90. The molecule has 0 heterocycles. The van der Waals surface area contributed by atoms with Crippen LogP contribution in [0.15, 0.2) is 42.5 Å². The van der Waals surface area contributed by atoms with Crippen molar-refractivity contribution in [3.8, 4) is 0 Å². The van der Waals surface area contributed by atoms with Crippen LogP contribution in [-0.4, -0.2) is 22.5 Å². The van der Waals surface area contributed by atoms with Crippen LogP contribution in [0.3, 0.4) is 0 Å². The molecule has 0 aromatic heterocycles. The molecule has 2 N–H and O–H groups in total. The number of nitro groups is 1. The van der Waals surface area contributed by atoms with Gasteiger partial charge in [-0.1, -0.05) is 30.3 Å². The summed E-state index contributed by atoms with van der Waals surface area (Å²) in [5.41, 5.74) is 0.0398. The molecule has 126 valence electrons. The second kappa shape index (κ2) is 7.65. The Labute approximate surface area is 138 Å². The number of nitrogens with one attached hydrogen (secondary N) is 1. The van der Waals surface area contributed by atoms with Crippen LogP contribution < -0.4 is 5.32 Å². The molecule has 0 aliphatic heterocycles. The maximum atomic E-state index is 13.5. The van der Waals surface area contributed by atoms with Gasteiger partial charge in [0.2, 0.25) is 0 Å². The highest BCUT2D eigenvalue weighted by molar-refractivity contribution is 5.98. The van der Waals surface area contributed by atoms with Gasteiger partial charge in [0.15, 0.2) is 0 Å². The van der Waals surface area contributed by atoms with Gasteiger partial charge < -0.3 is 10.4 Å². The summed E-state index contributed by atoms with van der Waals surface area (Å²) in [6, 6.07) is 10.8. The molecule has 24 heavy (non-hydrogen) atoms. The SMILES string of the molecule is Cc1cc(F)cc(C(=O)NCCC(O)c2ccccc2)c1[N+](=O)[O-]. The third-order valence-corrected chi connectivity index (χ3v) is 3.58. The van der Waals surface area contributed by atoms with E-state index in [0.717, 1.165) is 12.1 Å². The monoisotopic (exact) mass is 332 g/mol. The smallest absolute Gasteiger partial charge is 0.285 e. The lowest BCUT2D eigenvalue weighted by Gasteiger charge is -2.12. The van der Waals surface area contributed by atoms with Gasteiger partial charge in [-0.2, -0.15) is 0 Å². The number of carbonyl (C=O) groups excluding carboxylic acids is 1. The standard InChI is InChI=1S/C17H17FN2O4/c1-11-9-13(18)10-14(16(11)20(23)24)17(22)19-8-7-15(21)12-5-3-2-4-6-12/h2-6,9-10,15,21H,7-8H2,1H3,(H,19,22). The number of nitro benzene ring substituents is 1. The van der Waals surface area contributed by atoms with E-state index in [2.05, 4.69) is 5.32 Å². The number of carbonyl (C=O) groups is 1. The van der Waals surface area contributed by atoms with E-state index in [9.17, 15) is 24.4 Å². The average molecular weight is 332 g/mol. The molecule has 2 rings (SSSR count). The topological polar surface area (TPSA) is 92.5 Å². The van der Waals surface area contributed by atoms with E-state index in [-0.39, 0.29) is 24.1 Å². The van der Waals surface area contributed by atoms with E-state index < -0.39 is 28.4 Å². The van der Waals surface area contributed by atoms with Crippen LogP contribution in [0, 0.1) is 22.9 Å². The summed E-state index contributed by atoms with van der Waals surface area (Å²) in [4.78, 5) is 22.5. The Morgan fingerprint density at radius 3 is 2.62 bits per heavy atom. The third kappa shape index (κ3) is 4.14. The summed E-state index contributed by atoms with van der Waals surface area (Å²) in [6.07, 6.45) is -0.534. The summed E-state index contributed by atoms with van der Waals surface area (Å²) in [5, 5.41) is 23.6. The van der Waals surface area contributed by atoms with Gasteiger partial charge in [0.05, 0.1) is 11.0 Å². The summed E-state index contributed by atoms with van der Waals surface area (Å²) < 4.78 is 13.5. The molecule has 1 atom stereocenters. The molecule has 1 unspecified atom stereocenters. The summed E-state index contributed by atoms with van der Waals surface area (Å²) in [7, 11) is 0. The van der Waals surface area contributed by atoms with Gasteiger partial charge in [0.25, 0.3) is 11.6 Å². The number of benzene rings is 2. The Morgan fingerprint density at radius 2 is 2.00 bits per heavy atom. The number of nitrogens with zero attached hydrogens (tertiary/aromatic N) is 1. The molecule has 0 bridgehead atoms. The molecule has 6 nitrogen and oxygen atoms in total. The van der Waals surface area contributed by atoms with Crippen LogP contribution >= 0.6 is 0 Å². The highest BCUT2D eigenvalue weighted by atomic mass is 19.1. The second-order valence-corrected chi connectivity index (χ2v) is 5.35. The van der Waals surface area contributed by atoms with Crippen molar-refractivity contribution < 1.29 is 19.2 Å². The van der Waals surface area contributed by atoms with E-state index in [4.69, 9.17) is 0 Å². The number of aliphatic hydroxyl groups excluding tert-OH is 1. The first-order chi connectivity index (χ1) is 11.4. The molecule has 0 saturated carbocycles. The lowest BCUT2D eigenvalue weighted by Crippen LogP contribution is -2.26. The molecular weight excluding hydrogens is 315 g/mol. The van der Waals surface area contributed by atoms with Gasteiger partial charge in [-0.05, 0) is 31.0 Å². The Bertz CT molecular complexity index is 750. The minimum absolute atomic E-state index is 0.0782. The molecule has 0 aliphatic rings. The molecule has 0 saturated heterocycles. The van der Waals surface area contributed by atoms with Crippen LogP contribution in [0.5, 0.6) is 0 Å². The fraction of sp³-hybridized carbons (Fsp3) is 0.235. The molecule has 7 heteroatoms. The fourth-order valence-electron chi connectivity index (χ4n) is 2.41. The first kappa shape index (κ1) is 17.6. The van der Waals surface area contributed by atoms with E-state index in [0.29, 0.717) is 5.56 Å². The normalized spacial score (nSPS) is 11.8. The minimum Gasteiger partial charge on any atom is -0.388 e. The van der Waals surface area contributed by atoms with Crippen molar-refractivity contribution >= 4 is 11.6 Å². The fourth-order valence-corrected chi connectivity index (χ4v) is 2.41. The average Bonchev–Trinajstić information content (AvgIpc) is 2.54. The molecule has 0 fully saturated rings. The van der Waals surface area contributed by atoms with Crippen molar-refractivity contribution in [1.82, 2.24) is 5.32 Å². The zero-order chi connectivity index (χ0) is 17.7. The molecule has 0 radical (unpaired) electrons.